The molecule has 2 aliphatic carbocycles. The first-order valence-corrected chi connectivity index (χ1v) is 11.2. The van der Waals surface area contributed by atoms with Crippen LogP contribution in [0.15, 0.2) is 54.8 Å². The zero-order valence-electron chi connectivity index (χ0n) is 18.2. The highest BCUT2D eigenvalue weighted by molar-refractivity contribution is 6.10. The number of anilines is 2. The lowest BCUT2D eigenvalue weighted by atomic mass is 9.88. The standard InChI is InChI=1S/C26H23F3N2O3/c27-26(28,29)18-7-9-20-17(10-11-31(23(20)13-18)25(34)16-4-5-16)12-24(33)30-22-3-1-2-15-6-8-19(32)14-21(15)22/h1-3,7,9-13,16,19,32H,4-6,8,14H2,(H,30,33). The Balaban J connectivity index is 1.47. The summed E-state index contributed by atoms with van der Waals surface area (Å²) in [6, 6.07) is 8.80. The van der Waals surface area contributed by atoms with Gasteiger partial charge in [0.1, 0.15) is 0 Å². The van der Waals surface area contributed by atoms with Crippen LogP contribution in [0.1, 0.15) is 41.5 Å². The predicted octanol–water partition coefficient (Wildman–Crippen LogP) is 4.85. The third kappa shape index (κ3) is 4.37. The first-order chi connectivity index (χ1) is 16.2. The molecule has 2 N–H and O–H groups in total. The highest BCUT2D eigenvalue weighted by atomic mass is 19.4. The molecule has 0 aromatic heterocycles. The summed E-state index contributed by atoms with van der Waals surface area (Å²) in [5.74, 6) is -0.865. The van der Waals surface area contributed by atoms with Crippen molar-refractivity contribution in [1.29, 1.82) is 0 Å². The van der Waals surface area contributed by atoms with E-state index in [1.807, 2.05) is 12.1 Å². The van der Waals surface area contributed by atoms with E-state index in [0.29, 0.717) is 29.7 Å². The monoisotopic (exact) mass is 468 g/mol. The van der Waals surface area contributed by atoms with Gasteiger partial charge in [-0.1, -0.05) is 18.2 Å². The number of aryl methyl sites for hydroxylation is 1. The Kier molecular flexibility index (Phi) is 5.56. The summed E-state index contributed by atoms with van der Waals surface area (Å²) in [6.45, 7) is 0. The summed E-state index contributed by atoms with van der Waals surface area (Å²) in [4.78, 5) is 26.8. The van der Waals surface area contributed by atoms with Crippen LogP contribution in [-0.2, 0) is 28.6 Å². The van der Waals surface area contributed by atoms with E-state index in [9.17, 15) is 27.9 Å². The summed E-state index contributed by atoms with van der Waals surface area (Å²) >= 11 is 0. The number of hydrogen-bond acceptors (Lipinski definition) is 3. The fourth-order valence-corrected chi connectivity index (χ4v) is 4.52. The molecule has 1 saturated carbocycles. The van der Waals surface area contributed by atoms with E-state index in [4.69, 9.17) is 0 Å². The number of carbonyl (C=O) groups is 2. The molecule has 0 radical (unpaired) electrons. The minimum absolute atomic E-state index is 0.119. The van der Waals surface area contributed by atoms with Gasteiger partial charge in [-0.3, -0.25) is 14.5 Å². The van der Waals surface area contributed by atoms with Crippen LogP contribution in [0.2, 0.25) is 0 Å². The number of nitrogens with one attached hydrogen (secondary N) is 1. The fraction of sp³-hybridized carbons (Fsp3) is 0.308. The minimum atomic E-state index is -4.55. The van der Waals surface area contributed by atoms with Crippen LogP contribution in [0.25, 0.3) is 5.57 Å². The number of rotatable bonds is 3. The van der Waals surface area contributed by atoms with E-state index >= 15 is 0 Å². The molecule has 8 heteroatoms. The zero-order valence-corrected chi connectivity index (χ0v) is 18.2. The lowest BCUT2D eigenvalue weighted by Crippen LogP contribution is -2.29. The Hall–Kier alpha value is -3.39. The fourth-order valence-electron chi connectivity index (χ4n) is 4.52. The van der Waals surface area contributed by atoms with Gasteiger partial charge in [0.25, 0.3) is 0 Å². The van der Waals surface area contributed by atoms with Gasteiger partial charge in [-0.2, -0.15) is 13.2 Å². The van der Waals surface area contributed by atoms with Gasteiger partial charge >= 0.3 is 6.18 Å². The molecule has 1 atom stereocenters. The summed E-state index contributed by atoms with van der Waals surface area (Å²) in [5, 5.41) is 12.9. The van der Waals surface area contributed by atoms with Crippen molar-refractivity contribution in [2.45, 2.75) is 44.4 Å². The van der Waals surface area contributed by atoms with Gasteiger partial charge in [-0.05, 0) is 66.7 Å². The number of carbonyl (C=O) groups excluding carboxylic acids is 2. The van der Waals surface area contributed by atoms with Gasteiger partial charge in [0, 0.05) is 35.9 Å². The second-order valence-corrected chi connectivity index (χ2v) is 8.96. The number of aliphatic hydroxyl groups is 1. The maximum Gasteiger partial charge on any atom is 0.416 e. The predicted molar refractivity (Wildman–Crippen MR) is 122 cm³/mol. The van der Waals surface area contributed by atoms with E-state index in [-0.39, 0.29) is 17.5 Å². The lowest BCUT2D eigenvalue weighted by Gasteiger charge is -2.27. The summed E-state index contributed by atoms with van der Waals surface area (Å²) in [5.41, 5.74) is 2.63. The molecule has 2 aromatic rings. The van der Waals surface area contributed by atoms with E-state index in [1.54, 1.807) is 12.1 Å². The Morgan fingerprint density at radius 1 is 1.12 bits per heavy atom. The van der Waals surface area contributed by atoms with E-state index < -0.39 is 23.8 Å². The van der Waals surface area contributed by atoms with Crippen molar-refractivity contribution in [3.05, 3.63) is 77.0 Å². The Bertz CT molecular complexity index is 1230. The molecule has 1 heterocycles. The second-order valence-electron chi connectivity index (χ2n) is 8.96. The van der Waals surface area contributed by atoms with Crippen LogP contribution in [0, 0.1) is 5.92 Å². The number of hydrogen-bond donors (Lipinski definition) is 2. The SMILES string of the molecule is O=C(C=C1C=CN(C(=O)C2CC2)c2cc(C(F)(F)F)ccc21)Nc1cccc2c1CC(O)CC2. The Labute approximate surface area is 194 Å². The molecule has 0 spiro atoms. The minimum Gasteiger partial charge on any atom is -0.393 e. The van der Waals surface area contributed by atoms with E-state index in [0.717, 1.165) is 42.5 Å². The highest BCUT2D eigenvalue weighted by Gasteiger charge is 2.37. The molecular formula is C26H23F3N2O3. The van der Waals surface area contributed by atoms with Crippen molar-refractivity contribution in [2.24, 2.45) is 5.92 Å². The summed E-state index contributed by atoms with van der Waals surface area (Å²) in [6.07, 6.45) is 2.59. The van der Waals surface area contributed by atoms with Gasteiger partial charge < -0.3 is 10.4 Å². The number of amides is 2. The van der Waals surface area contributed by atoms with Gasteiger partial charge in [0.2, 0.25) is 11.8 Å². The molecule has 176 valence electrons. The molecule has 1 aliphatic heterocycles. The van der Waals surface area contributed by atoms with Gasteiger partial charge in [-0.15, -0.1) is 0 Å². The topological polar surface area (TPSA) is 69.6 Å². The maximum absolute atomic E-state index is 13.4. The summed E-state index contributed by atoms with van der Waals surface area (Å²) in [7, 11) is 0. The van der Waals surface area contributed by atoms with Gasteiger partial charge in [-0.25, -0.2) is 0 Å². The van der Waals surface area contributed by atoms with Crippen LogP contribution in [-0.4, -0.2) is 23.0 Å². The number of nitrogens with zero attached hydrogens (tertiary/aromatic N) is 1. The van der Waals surface area contributed by atoms with Crippen molar-refractivity contribution in [1.82, 2.24) is 0 Å². The van der Waals surface area contributed by atoms with Crippen LogP contribution in [0.5, 0.6) is 0 Å². The molecule has 1 unspecified atom stereocenters. The van der Waals surface area contributed by atoms with Crippen molar-refractivity contribution in [3.8, 4) is 0 Å². The molecule has 2 amide bonds. The first-order valence-electron chi connectivity index (χ1n) is 11.2. The molecular weight excluding hydrogens is 445 g/mol. The summed E-state index contributed by atoms with van der Waals surface area (Å²) < 4.78 is 40.1. The van der Waals surface area contributed by atoms with Crippen molar-refractivity contribution >= 4 is 28.8 Å². The number of alkyl halides is 3. The molecule has 3 aliphatic rings. The smallest absolute Gasteiger partial charge is 0.393 e. The average molecular weight is 468 g/mol. The number of allylic oxidation sites excluding steroid dienone is 2. The second kappa shape index (κ2) is 8.43. The molecule has 5 rings (SSSR count). The quantitative estimate of drug-likeness (QED) is 0.633. The molecule has 0 saturated heterocycles. The van der Waals surface area contributed by atoms with Crippen LogP contribution < -0.4 is 10.2 Å². The van der Waals surface area contributed by atoms with Crippen LogP contribution in [0.4, 0.5) is 24.5 Å². The lowest BCUT2D eigenvalue weighted by molar-refractivity contribution is -0.137. The van der Waals surface area contributed by atoms with Crippen LogP contribution >= 0.6 is 0 Å². The average Bonchev–Trinajstić information content (AvgIpc) is 3.64. The van der Waals surface area contributed by atoms with Gasteiger partial charge in [0.05, 0.1) is 17.4 Å². The third-order valence-corrected chi connectivity index (χ3v) is 6.47. The number of fused-ring (bicyclic) bond motifs is 2. The highest BCUT2D eigenvalue weighted by Crippen LogP contribution is 2.41. The van der Waals surface area contributed by atoms with Crippen LogP contribution in [0.3, 0.4) is 0 Å². The molecule has 34 heavy (non-hydrogen) atoms. The van der Waals surface area contributed by atoms with Crippen molar-refractivity contribution < 1.29 is 27.9 Å². The first kappa shape index (κ1) is 22.4. The maximum atomic E-state index is 13.4. The van der Waals surface area contributed by atoms with Gasteiger partial charge in [0.15, 0.2) is 0 Å². The molecule has 5 nitrogen and oxygen atoms in total. The largest absolute Gasteiger partial charge is 0.416 e. The van der Waals surface area contributed by atoms with Crippen molar-refractivity contribution in [3.63, 3.8) is 0 Å². The molecule has 0 bridgehead atoms. The molecule has 2 aromatic carbocycles. The van der Waals surface area contributed by atoms with E-state index in [1.165, 1.54) is 23.2 Å². The number of aliphatic hydroxyl groups excluding tert-OH is 1. The number of halogens is 3. The zero-order chi connectivity index (χ0) is 24.0. The molecule has 1 fully saturated rings. The Morgan fingerprint density at radius 3 is 2.65 bits per heavy atom. The van der Waals surface area contributed by atoms with E-state index in [2.05, 4.69) is 5.32 Å². The third-order valence-electron chi connectivity index (χ3n) is 6.47. The normalized spacial score (nSPS) is 20.6. The van der Waals surface area contributed by atoms with Crippen molar-refractivity contribution in [2.75, 3.05) is 10.2 Å². The number of benzene rings is 2. The Morgan fingerprint density at radius 2 is 1.91 bits per heavy atom.